The van der Waals surface area contributed by atoms with Crippen LogP contribution in [0, 0.1) is 0 Å². The molecule has 3 heteroatoms. The van der Waals surface area contributed by atoms with E-state index in [4.69, 9.17) is 0 Å². The summed E-state index contributed by atoms with van der Waals surface area (Å²) in [5, 5.41) is 3.54. The van der Waals surface area contributed by atoms with Crippen LogP contribution in [0.3, 0.4) is 0 Å². The van der Waals surface area contributed by atoms with Crippen molar-refractivity contribution in [3.05, 3.63) is 17.7 Å². The molecular formula is C12H19N3. The van der Waals surface area contributed by atoms with E-state index >= 15 is 0 Å². The average Bonchev–Trinajstić information content (AvgIpc) is 2.85. The van der Waals surface area contributed by atoms with Crippen molar-refractivity contribution in [3.63, 3.8) is 0 Å². The molecular weight excluding hydrogens is 186 g/mol. The standard InChI is InChI=1S/C12H19N3/c1-9-4-3-7-15-11(9)8-14-12(15)10-5-2-6-13-10/h8-10,13H,2-7H2,1H3. The number of rotatable bonds is 1. The predicted octanol–water partition coefficient (Wildman–Crippen LogP) is 2.20. The molecule has 0 radical (unpaired) electrons. The second-order valence-electron chi connectivity index (χ2n) is 4.89. The molecule has 82 valence electrons. The highest BCUT2D eigenvalue weighted by molar-refractivity contribution is 5.15. The highest BCUT2D eigenvalue weighted by atomic mass is 15.1. The summed E-state index contributed by atoms with van der Waals surface area (Å²) in [6.45, 7) is 4.65. The van der Waals surface area contributed by atoms with Gasteiger partial charge < -0.3 is 9.88 Å². The molecule has 1 aromatic heterocycles. The van der Waals surface area contributed by atoms with Crippen molar-refractivity contribution >= 4 is 0 Å². The molecule has 2 aliphatic rings. The third-order valence-corrected chi connectivity index (χ3v) is 3.81. The summed E-state index contributed by atoms with van der Waals surface area (Å²) in [6, 6.07) is 0.518. The summed E-state index contributed by atoms with van der Waals surface area (Å²) in [4.78, 5) is 4.63. The Bertz CT molecular complexity index is 350. The van der Waals surface area contributed by atoms with Gasteiger partial charge in [0.2, 0.25) is 0 Å². The molecule has 0 amide bonds. The van der Waals surface area contributed by atoms with Crippen LogP contribution in [0.25, 0.3) is 0 Å². The van der Waals surface area contributed by atoms with Crippen molar-refractivity contribution < 1.29 is 0 Å². The van der Waals surface area contributed by atoms with Gasteiger partial charge in [0.15, 0.2) is 0 Å². The van der Waals surface area contributed by atoms with E-state index in [1.165, 1.54) is 43.7 Å². The van der Waals surface area contributed by atoms with Crippen molar-refractivity contribution in [2.75, 3.05) is 6.54 Å². The maximum Gasteiger partial charge on any atom is 0.126 e. The van der Waals surface area contributed by atoms with Crippen molar-refractivity contribution in [3.8, 4) is 0 Å². The second-order valence-corrected chi connectivity index (χ2v) is 4.89. The molecule has 0 spiro atoms. The molecule has 0 bridgehead atoms. The lowest BCUT2D eigenvalue weighted by molar-refractivity contribution is 0.443. The number of nitrogens with one attached hydrogen (secondary N) is 1. The van der Waals surface area contributed by atoms with Crippen LogP contribution >= 0.6 is 0 Å². The molecule has 3 rings (SSSR count). The van der Waals surface area contributed by atoms with Crippen LogP contribution in [0.2, 0.25) is 0 Å². The van der Waals surface area contributed by atoms with Crippen molar-refractivity contribution in [1.29, 1.82) is 0 Å². The lowest BCUT2D eigenvalue weighted by Gasteiger charge is -2.23. The zero-order chi connectivity index (χ0) is 10.3. The first-order valence-corrected chi connectivity index (χ1v) is 6.15. The van der Waals surface area contributed by atoms with Crippen LogP contribution in [-0.2, 0) is 6.54 Å². The summed E-state index contributed by atoms with van der Waals surface area (Å²) in [6.07, 6.45) is 7.28. The lowest BCUT2D eigenvalue weighted by atomic mass is 9.98. The summed E-state index contributed by atoms with van der Waals surface area (Å²) in [7, 11) is 0. The monoisotopic (exact) mass is 205 g/mol. The first-order chi connectivity index (χ1) is 7.36. The molecule has 1 fully saturated rings. The Labute approximate surface area is 90.9 Å². The van der Waals surface area contributed by atoms with Crippen molar-refractivity contribution in [2.24, 2.45) is 0 Å². The second kappa shape index (κ2) is 3.63. The summed E-state index contributed by atoms with van der Waals surface area (Å²) >= 11 is 0. The van der Waals surface area contributed by atoms with Crippen LogP contribution in [0.1, 0.15) is 56.1 Å². The Morgan fingerprint density at radius 3 is 3.13 bits per heavy atom. The van der Waals surface area contributed by atoms with Gasteiger partial charge in [-0.1, -0.05) is 6.92 Å². The predicted molar refractivity (Wildman–Crippen MR) is 59.9 cm³/mol. The first-order valence-electron chi connectivity index (χ1n) is 6.15. The van der Waals surface area contributed by atoms with E-state index in [2.05, 4.69) is 28.0 Å². The van der Waals surface area contributed by atoms with Gasteiger partial charge in [0, 0.05) is 18.4 Å². The molecule has 1 N–H and O–H groups in total. The molecule has 15 heavy (non-hydrogen) atoms. The van der Waals surface area contributed by atoms with Gasteiger partial charge in [0.05, 0.1) is 6.04 Å². The Kier molecular flexibility index (Phi) is 2.28. The van der Waals surface area contributed by atoms with E-state index < -0.39 is 0 Å². The largest absolute Gasteiger partial charge is 0.330 e. The maximum absolute atomic E-state index is 4.63. The third-order valence-electron chi connectivity index (χ3n) is 3.81. The van der Waals surface area contributed by atoms with Gasteiger partial charge >= 0.3 is 0 Å². The van der Waals surface area contributed by atoms with Crippen LogP contribution < -0.4 is 5.32 Å². The fraction of sp³-hybridized carbons (Fsp3) is 0.750. The number of imidazole rings is 1. The zero-order valence-corrected chi connectivity index (χ0v) is 9.37. The molecule has 0 aliphatic carbocycles. The Morgan fingerprint density at radius 1 is 1.40 bits per heavy atom. The van der Waals surface area contributed by atoms with Gasteiger partial charge in [0.1, 0.15) is 5.82 Å². The minimum Gasteiger partial charge on any atom is -0.330 e. The minimum absolute atomic E-state index is 0.518. The molecule has 3 heterocycles. The Morgan fingerprint density at radius 2 is 2.33 bits per heavy atom. The molecule has 1 aromatic rings. The SMILES string of the molecule is CC1CCCn2c1cnc2C1CCCN1. The zero-order valence-electron chi connectivity index (χ0n) is 9.37. The summed E-state index contributed by atoms with van der Waals surface area (Å²) in [5.74, 6) is 1.98. The van der Waals surface area contributed by atoms with Crippen LogP contribution in [0.5, 0.6) is 0 Å². The fourth-order valence-corrected chi connectivity index (χ4v) is 2.93. The molecule has 0 saturated carbocycles. The number of hydrogen-bond acceptors (Lipinski definition) is 2. The average molecular weight is 205 g/mol. The highest BCUT2D eigenvalue weighted by Gasteiger charge is 2.26. The van der Waals surface area contributed by atoms with E-state index in [0.717, 1.165) is 6.54 Å². The molecule has 0 aromatic carbocycles. The summed E-state index contributed by atoms with van der Waals surface area (Å²) < 4.78 is 2.46. The number of nitrogens with zero attached hydrogens (tertiary/aromatic N) is 2. The number of fused-ring (bicyclic) bond motifs is 1. The fourth-order valence-electron chi connectivity index (χ4n) is 2.93. The van der Waals surface area contributed by atoms with Crippen molar-refractivity contribution in [2.45, 2.75) is 51.1 Å². The summed E-state index contributed by atoms with van der Waals surface area (Å²) in [5.41, 5.74) is 1.45. The Balaban J connectivity index is 1.95. The van der Waals surface area contributed by atoms with Crippen LogP contribution in [0.15, 0.2) is 6.20 Å². The van der Waals surface area contributed by atoms with E-state index in [-0.39, 0.29) is 0 Å². The molecule has 2 unspecified atom stereocenters. The first kappa shape index (κ1) is 9.40. The van der Waals surface area contributed by atoms with E-state index in [1.54, 1.807) is 0 Å². The van der Waals surface area contributed by atoms with E-state index in [0.29, 0.717) is 12.0 Å². The molecule has 1 saturated heterocycles. The third kappa shape index (κ3) is 1.49. The van der Waals surface area contributed by atoms with E-state index in [1.807, 2.05) is 0 Å². The van der Waals surface area contributed by atoms with Gasteiger partial charge in [-0.25, -0.2) is 4.98 Å². The molecule has 2 aliphatic heterocycles. The van der Waals surface area contributed by atoms with Gasteiger partial charge in [-0.15, -0.1) is 0 Å². The van der Waals surface area contributed by atoms with Gasteiger partial charge in [-0.3, -0.25) is 0 Å². The smallest absolute Gasteiger partial charge is 0.126 e. The topological polar surface area (TPSA) is 29.9 Å². The van der Waals surface area contributed by atoms with Gasteiger partial charge in [0.25, 0.3) is 0 Å². The highest BCUT2D eigenvalue weighted by Crippen LogP contribution is 2.31. The lowest BCUT2D eigenvalue weighted by Crippen LogP contribution is -2.21. The van der Waals surface area contributed by atoms with Crippen molar-refractivity contribution in [1.82, 2.24) is 14.9 Å². The Hall–Kier alpha value is -0.830. The normalized spacial score (nSPS) is 30.5. The van der Waals surface area contributed by atoms with Crippen LogP contribution in [-0.4, -0.2) is 16.1 Å². The maximum atomic E-state index is 4.63. The quantitative estimate of drug-likeness (QED) is 0.761. The minimum atomic E-state index is 0.518. The van der Waals surface area contributed by atoms with Gasteiger partial charge in [-0.2, -0.15) is 0 Å². The van der Waals surface area contributed by atoms with Crippen LogP contribution in [0.4, 0.5) is 0 Å². The molecule has 3 nitrogen and oxygen atoms in total. The number of aromatic nitrogens is 2. The molecule has 2 atom stereocenters. The van der Waals surface area contributed by atoms with Gasteiger partial charge in [-0.05, 0) is 38.1 Å². The number of hydrogen-bond donors (Lipinski definition) is 1. The van der Waals surface area contributed by atoms with E-state index in [9.17, 15) is 0 Å².